The smallest absolute Gasteiger partial charge is 0.225 e. The Morgan fingerprint density at radius 2 is 1.81 bits per heavy atom. The summed E-state index contributed by atoms with van der Waals surface area (Å²) in [7, 11) is 0. The van der Waals surface area contributed by atoms with Gasteiger partial charge in [0, 0.05) is 19.5 Å². The minimum absolute atomic E-state index is 0.0915. The summed E-state index contributed by atoms with van der Waals surface area (Å²) in [5, 5.41) is 0. The van der Waals surface area contributed by atoms with E-state index < -0.39 is 5.41 Å². The second-order valence-corrected chi connectivity index (χ2v) is 7.66. The van der Waals surface area contributed by atoms with Crippen molar-refractivity contribution in [3.8, 4) is 11.1 Å². The number of hydrogen-bond donors (Lipinski definition) is 1. The standard InChI is InChI=1S/C23H28N2O2/c1-3-21(26)25-12-6-11-23(16-25,22(24)27)15-18-8-5-10-20(14-18)19-9-4-7-17(2)13-19/h4-5,7-10,13-14H,3,6,11-12,15-16H2,1-2H3,(H2,24,27). The Kier molecular flexibility index (Phi) is 5.64. The number of benzene rings is 2. The predicted molar refractivity (Wildman–Crippen MR) is 108 cm³/mol. The Hall–Kier alpha value is -2.62. The molecule has 3 rings (SSSR count). The van der Waals surface area contributed by atoms with Crippen molar-refractivity contribution in [1.29, 1.82) is 0 Å². The van der Waals surface area contributed by atoms with Crippen molar-refractivity contribution in [2.45, 2.75) is 39.5 Å². The maximum Gasteiger partial charge on any atom is 0.225 e. The van der Waals surface area contributed by atoms with E-state index in [0.29, 0.717) is 25.9 Å². The molecular weight excluding hydrogens is 336 g/mol. The Balaban J connectivity index is 1.88. The van der Waals surface area contributed by atoms with Crippen LogP contribution in [0.1, 0.15) is 37.3 Å². The summed E-state index contributed by atoms with van der Waals surface area (Å²) in [4.78, 5) is 26.4. The number of hydrogen-bond acceptors (Lipinski definition) is 2. The molecule has 0 aromatic heterocycles. The fraction of sp³-hybridized carbons (Fsp3) is 0.391. The molecule has 2 aromatic rings. The number of nitrogens with two attached hydrogens (primary N) is 1. The summed E-state index contributed by atoms with van der Waals surface area (Å²) in [6.07, 6.45) is 2.56. The van der Waals surface area contributed by atoms with Gasteiger partial charge in [0.05, 0.1) is 5.41 Å². The van der Waals surface area contributed by atoms with Crippen molar-refractivity contribution in [2.24, 2.45) is 11.1 Å². The van der Waals surface area contributed by atoms with Gasteiger partial charge in [-0.3, -0.25) is 9.59 Å². The van der Waals surface area contributed by atoms with E-state index in [-0.39, 0.29) is 11.8 Å². The van der Waals surface area contributed by atoms with Gasteiger partial charge in [-0.05, 0) is 42.9 Å². The third-order valence-electron chi connectivity index (χ3n) is 5.58. The first-order chi connectivity index (χ1) is 12.9. The van der Waals surface area contributed by atoms with Gasteiger partial charge in [-0.15, -0.1) is 0 Å². The molecule has 4 nitrogen and oxygen atoms in total. The lowest BCUT2D eigenvalue weighted by Crippen LogP contribution is -2.53. The van der Waals surface area contributed by atoms with Crippen molar-refractivity contribution in [3.05, 3.63) is 59.7 Å². The molecule has 4 heteroatoms. The molecule has 1 saturated heterocycles. The van der Waals surface area contributed by atoms with Crippen LogP contribution in [0.25, 0.3) is 11.1 Å². The van der Waals surface area contributed by atoms with Crippen molar-refractivity contribution in [2.75, 3.05) is 13.1 Å². The maximum absolute atomic E-state index is 12.4. The normalized spacial score (nSPS) is 19.7. The summed E-state index contributed by atoms with van der Waals surface area (Å²) >= 11 is 0. The average Bonchev–Trinajstić information content (AvgIpc) is 2.67. The van der Waals surface area contributed by atoms with Gasteiger partial charge in [-0.25, -0.2) is 0 Å². The molecule has 1 atom stereocenters. The highest BCUT2D eigenvalue weighted by Crippen LogP contribution is 2.35. The number of carbonyl (C=O) groups excluding carboxylic acids is 2. The molecule has 1 unspecified atom stereocenters. The first-order valence-electron chi connectivity index (χ1n) is 9.67. The summed E-state index contributed by atoms with van der Waals surface area (Å²) < 4.78 is 0. The highest BCUT2D eigenvalue weighted by molar-refractivity contribution is 5.83. The number of likely N-dealkylation sites (tertiary alicyclic amines) is 1. The van der Waals surface area contributed by atoms with Crippen molar-refractivity contribution in [1.82, 2.24) is 4.90 Å². The molecule has 2 N–H and O–H groups in total. The average molecular weight is 364 g/mol. The van der Waals surface area contributed by atoms with Gasteiger partial charge in [-0.1, -0.05) is 61.0 Å². The quantitative estimate of drug-likeness (QED) is 0.879. The fourth-order valence-corrected chi connectivity index (χ4v) is 4.08. The zero-order valence-corrected chi connectivity index (χ0v) is 16.2. The van der Waals surface area contributed by atoms with E-state index in [9.17, 15) is 9.59 Å². The summed E-state index contributed by atoms with van der Waals surface area (Å²) in [5.41, 5.74) is 9.75. The number of nitrogens with zero attached hydrogens (tertiary/aromatic N) is 1. The van der Waals surface area contributed by atoms with Crippen LogP contribution in [-0.4, -0.2) is 29.8 Å². The second-order valence-electron chi connectivity index (χ2n) is 7.66. The minimum atomic E-state index is -0.686. The van der Waals surface area contributed by atoms with Gasteiger partial charge < -0.3 is 10.6 Å². The van der Waals surface area contributed by atoms with E-state index in [1.807, 2.05) is 19.1 Å². The molecule has 142 valence electrons. The third-order valence-corrected chi connectivity index (χ3v) is 5.58. The zero-order valence-electron chi connectivity index (χ0n) is 16.2. The molecule has 2 amide bonds. The van der Waals surface area contributed by atoms with E-state index in [1.165, 1.54) is 5.56 Å². The van der Waals surface area contributed by atoms with Crippen molar-refractivity contribution < 1.29 is 9.59 Å². The van der Waals surface area contributed by atoms with Crippen LogP contribution in [0.3, 0.4) is 0 Å². The molecule has 0 saturated carbocycles. The Bertz CT molecular complexity index is 846. The lowest BCUT2D eigenvalue weighted by Gasteiger charge is -2.41. The largest absolute Gasteiger partial charge is 0.369 e. The van der Waals surface area contributed by atoms with Gasteiger partial charge in [-0.2, -0.15) is 0 Å². The van der Waals surface area contributed by atoms with Crippen LogP contribution in [0.5, 0.6) is 0 Å². The number of primary amides is 1. The van der Waals surface area contributed by atoms with Crippen molar-refractivity contribution in [3.63, 3.8) is 0 Å². The first-order valence-corrected chi connectivity index (χ1v) is 9.67. The Morgan fingerprint density at radius 3 is 2.48 bits per heavy atom. The molecule has 1 fully saturated rings. The van der Waals surface area contributed by atoms with E-state index in [0.717, 1.165) is 29.5 Å². The number of rotatable bonds is 5. The van der Waals surface area contributed by atoms with E-state index in [2.05, 4.69) is 43.3 Å². The van der Waals surface area contributed by atoms with Crippen LogP contribution in [0.15, 0.2) is 48.5 Å². The van der Waals surface area contributed by atoms with Crippen LogP contribution >= 0.6 is 0 Å². The molecule has 0 bridgehead atoms. The Labute approximate surface area is 161 Å². The fourth-order valence-electron chi connectivity index (χ4n) is 4.08. The van der Waals surface area contributed by atoms with Crippen LogP contribution < -0.4 is 5.73 Å². The third kappa shape index (κ3) is 4.21. The molecule has 0 aliphatic carbocycles. The Morgan fingerprint density at radius 1 is 1.11 bits per heavy atom. The van der Waals surface area contributed by atoms with Gasteiger partial charge >= 0.3 is 0 Å². The van der Waals surface area contributed by atoms with Crippen LogP contribution in [0.2, 0.25) is 0 Å². The molecule has 1 heterocycles. The highest BCUT2D eigenvalue weighted by atomic mass is 16.2. The van der Waals surface area contributed by atoms with Crippen LogP contribution in [0.4, 0.5) is 0 Å². The van der Waals surface area contributed by atoms with E-state index in [4.69, 9.17) is 5.73 Å². The van der Waals surface area contributed by atoms with Gasteiger partial charge in [0.15, 0.2) is 0 Å². The van der Waals surface area contributed by atoms with Crippen molar-refractivity contribution >= 4 is 11.8 Å². The monoisotopic (exact) mass is 364 g/mol. The molecule has 1 aliphatic heterocycles. The minimum Gasteiger partial charge on any atom is -0.369 e. The maximum atomic E-state index is 12.4. The predicted octanol–water partition coefficient (Wildman–Crippen LogP) is 3.71. The summed E-state index contributed by atoms with van der Waals surface area (Å²) in [5.74, 6) is -0.217. The topological polar surface area (TPSA) is 63.4 Å². The van der Waals surface area contributed by atoms with Gasteiger partial charge in [0.2, 0.25) is 11.8 Å². The van der Waals surface area contributed by atoms with Crippen LogP contribution in [0, 0.1) is 12.3 Å². The molecular formula is C23H28N2O2. The van der Waals surface area contributed by atoms with Crippen LogP contribution in [-0.2, 0) is 16.0 Å². The first kappa shape index (κ1) is 19.2. The number of aryl methyl sites for hydroxylation is 1. The van der Waals surface area contributed by atoms with Gasteiger partial charge in [0.25, 0.3) is 0 Å². The summed E-state index contributed by atoms with van der Waals surface area (Å²) in [6, 6.07) is 16.7. The molecule has 0 radical (unpaired) electrons. The molecule has 2 aromatic carbocycles. The van der Waals surface area contributed by atoms with E-state index in [1.54, 1.807) is 4.90 Å². The van der Waals surface area contributed by atoms with E-state index >= 15 is 0 Å². The second kappa shape index (κ2) is 7.95. The summed E-state index contributed by atoms with van der Waals surface area (Å²) in [6.45, 7) is 5.07. The SMILES string of the molecule is CCC(=O)N1CCCC(Cc2cccc(-c3cccc(C)c3)c2)(C(N)=O)C1. The van der Waals surface area contributed by atoms with Gasteiger partial charge in [0.1, 0.15) is 0 Å². The molecule has 0 spiro atoms. The number of piperidine rings is 1. The zero-order chi connectivity index (χ0) is 19.4. The lowest BCUT2D eigenvalue weighted by molar-refractivity contribution is -0.139. The molecule has 27 heavy (non-hydrogen) atoms. The number of amides is 2. The highest BCUT2D eigenvalue weighted by Gasteiger charge is 2.41. The number of carbonyl (C=O) groups is 2. The molecule has 1 aliphatic rings. The lowest BCUT2D eigenvalue weighted by atomic mass is 9.74.